The van der Waals surface area contributed by atoms with Gasteiger partial charge in [0.05, 0.1) is 30.5 Å². The topological polar surface area (TPSA) is 42.0 Å². The second-order valence-corrected chi connectivity index (χ2v) is 7.79. The minimum atomic E-state index is -0.407. The van der Waals surface area contributed by atoms with E-state index >= 15 is 0 Å². The molecule has 1 aliphatic carbocycles. The molecular formula is C20H30O3. The van der Waals surface area contributed by atoms with Gasteiger partial charge in [0, 0.05) is 6.42 Å². The average molecular weight is 318 g/mol. The quantitative estimate of drug-likeness (QED) is 0.540. The van der Waals surface area contributed by atoms with Crippen molar-refractivity contribution in [3.63, 3.8) is 0 Å². The van der Waals surface area contributed by atoms with Crippen molar-refractivity contribution in [2.24, 2.45) is 0 Å². The summed E-state index contributed by atoms with van der Waals surface area (Å²) >= 11 is 0. The molecule has 0 saturated carbocycles. The van der Waals surface area contributed by atoms with Gasteiger partial charge in [-0.15, -0.1) is 0 Å². The van der Waals surface area contributed by atoms with E-state index in [1.54, 1.807) is 0 Å². The lowest BCUT2D eigenvalue weighted by Crippen LogP contribution is -2.19. The molecule has 128 valence electrons. The van der Waals surface area contributed by atoms with E-state index in [2.05, 4.69) is 33.8 Å². The third-order valence-corrected chi connectivity index (χ3v) is 5.52. The molecule has 0 amide bonds. The number of aliphatic hydroxyl groups is 1. The molecule has 3 aliphatic rings. The summed E-state index contributed by atoms with van der Waals surface area (Å²) in [6.07, 6.45) is 9.09. The van der Waals surface area contributed by atoms with Gasteiger partial charge < -0.3 is 14.6 Å². The van der Waals surface area contributed by atoms with Crippen LogP contribution in [0.5, 0.6) is 0 Å². The Morgan fingerprint density at radius 3 is 2.61 bits per heavy atom. The maximum absolute atomic E-state index is 10.3. The lowest BCUT2D eigenvalue weighted by atomic mass is 9.92. The Kier molecular flexibility index (Phi) is 4.82. The fourth-order valence-electron chi connectivity index (χ4n) is 3.91. The van der Waals surface area contributed by atoms with Crippen molar-refractivity contribution in [3.8, 4) is 0 Å². The molecule has 3 rings (SSSR count). The van der Waals surface area contributed by atoms with Gasteiger partial charge in [-0.05, 0) is 64.5 Å². The highest BCUT2D eigenvalue weighted by atomic mass is 16.6. The Labute approximate surface area is 140 Å². The molecule has 1 fully saturated rings. The van der Waals surface area contributed by atoms with Gasteiger partial charge in [-0.2, -0.15) is 0 Å². The van der Waals surface area contributed by atoms with E-state index in [1.807, 2.05) is 6.08 Å². The van der Waals surface area contributed by atoms with Crippen molar-refractivity contribution in [2.45, 2.75) is 83.7 Å². The van der Waals surface area contributed by atoms with Crippen LogP contribution in [0.3, 0.4) is 0 Å². The first-order valence-electron chi connectivity index (χ1n) is 8.88. The molecule has 3 nitrogen and oxygen atoms in total. The van der Waals surface area contributed by atoms with Crippen molar-refractivity contribution in [1.29, 1.82) is 0 Å². The smallest absolute Gasteiger partial charge is 0.0977 e. The molecule has 0 unspecified atom stereocenters. The Morgan fingerprint density at radius 1 is 1.09 bits per heavy atom. The van der Waals surface area contributed by atoms with Crippen LogP contribution in [0.4, 0.5) is 0 Å². The highest BCUT2D eigenvalue weighted by Gasteiger charge is 2.52. The summed E-state index contributed by atoms with van der Waals surface area (Å²) < 4.78 is 11.8. The second-order valence-electron chi connectivity index (χ2n) is 7.79. The van der Waals surface area contributed by atoms with E-state index < -0.39 is 6.10 Å². The Bertz CT molecular complexity index is 557. The lowest BCUT2D eigenvalue weighted by molar-refractivity contribution is 0.150. The van der Waals surface area contributed by atoms with E-state index in [-0.39, 0.29) is 17.8 Å². The number of epoxide rings is 1. The number of fused-ring (bicyclic) bond motifs is 2. The number of hydrogen-bond donors (Lipinski definition) is 1. The monoisotopic (exact) mass is 318 g/mol. The molecule has 2 aliphatic heterocycles. The molecule has 3 heteroatoms. The van der Waals surface area contributed by atoms with Crippen LogP contribution >= 0.6 is 0 Å². The minimum Gasteiger partial charge on any atom is -0.389 e. The van der Waals surface area contributed by atoms with Gasteiger partial charge in [-0.1, -0.05) is 23.3 Å². The Morgan fingerprint density at radius 2 is 1.83 bits per heavy atom. The van der Waals surface area contributed by atoms with Gasteiger partial charge in [0.25, 0.3) is 0 Å². The molecule has 1 saturated heterocycles. The maximum Gasteiger partial charge on any atom is 0.0977 e. The van der Waals surface area contributed by atoms with Gasteiger partial charge in [-0.3, -0.25) is 0 Å². The molecule has 0 spiro atoms. The summed E-state index contributed by atoms with van der Waals surface area (Å²) in [7, 11) is 0. The SMILES string of the molecule is CC1=C2CC/C(C)=C/[C@H](O)C[C@@]3(C)O[C@H]3CC/C(C)=C/[C@H]2OC1. The first-order chi connectivity index (χ1) is 10.9. The van der Waals surface area contributed by atoms with Gasteiger partial charge in [0.2, 0.25) is 0 Å². The molecule has 23 heavy (non-hydrogen) atoms. The van der Waals surface area contributed by atoms with E-state index in [4.69, 9.17) is 9.47 Å². The fourth-order valence-corrected chi connectivity index (χ4v) is 3.91. The van der Waals surface area contributed by atoms with Crippen LogP contribution in [-0.4, -0.2) is 35.6 Å². The third-order valence-electron chi connectivity index (χ3n) is 5.52. The predicted octanol–water partition coefficient (Wildman–Crippen LogP) is 4.08. The first kappa shape index (κ1) is 16.9. The average Bonchev–Trinajstić information content (AvgIpc) is 2.97. The number of allylic oxidation sites excluding steroid dienone is 2. The number of rotatable bonds is 0. The van der Waals surface area contributed by atoms with E-state index in [0.29, 0.717) is 6.42 Å². The van der Waals surface area contributed by atoms with Crippen LogP contribution < -0.4 is 0 Å². The van der Waals surface area contributed by atoms with Crippen molar-refractivity contribution >= 4 is 0 Å². The van der Waals surface area contributed by atoms with Crippen LogP contribution in [0.1, 0.15) is 59.8 Å². The second kappa shape index (κ2) is 6.54. The minimum absolute atomic E-state index is 0.141. The molecule has 0 bridgehead atoms. The van der Waals surface area contributed by atoms with Crippen LogP contribution in [0.2, 0.25) is 0 Å². The maximum atomic E-state index is 10.3. The first-order valence-corrected chi connectivity index (χ1v) is 8.88. The third kappa shape index (κ3) is 3.96. The summed E-state index contributed by atoms with van der Waals surface area (Å²) in [6, 6.07) is 0. The van der Waals surface area contributed by atoms with Gasteiger partial charge in [0.15, 0.2) is 0 Å². The molecular weight excluding hydrogens is 288 g/mol. The largest absolute Gasteiger partial charge is 0.389 e. The van der Waals surface area contributed by atoms with Crippen molar-refractivity contribution in [2.75, 3.05) is 6.61 Å². The highest BCUT2D eigenvalue weighted by molar-refractivity contribution is 5.29. The summed E-state index contributed by atoms with van der Waals surface area (Å²) in [5, 5.41) is 10.3. The van der Waals surface area contributed by atoms with Gasteiger partial charge >= 0.3 is 0 Å². The Balaban J connectivity index is 1.80. The van der Waals surface area contributed by atoms with E-state index in [9.17, 15) is 5.11 Å². The van der Waals surface area contributed by atoms with Crippen LogP contribution in [0.25, 0.3) is 0 Å². The van der Waals surface area contributed by atoms with Crippen molar-refractivity contribution < 1.29 is 14.6 Å². The molecule has 1 N–H and O–H groups in total. The molecule has 4 atom stereocenters. The lowest BCUT2D eigenvalue weighted by Gasteiger charge is -2.16. The summed E-state index contributed by atoms with van der Waals surface area (Å²) in [6.45, 7) is 9.36. The summed E-state index contributed by atoms with van der Waals surface area (Å²) in [4.78, 5) is 0. The fraction of sp³-hybridized carbons (Fsp3) is 0.700. The van der Waals surface area contributed by atoms with Crippen molar-refractivity contribution in [1.82, 2.24) is 0 Å². The molecule has 0 aromatic carbocycles. The highest BCUT2D eigenvalue weighted by Crippen LogP contribution is 2.44. The van der Waals surface area contributed by atoms with Crippen molar-refractivity contribution in [3.05, 3.63) is 34.4 Å². The van der Waals surface area contributed by atoms with Crippen LogP contribution in [0.15, 0.2) is 34.4 Å². The zero-order valence-corrected chi connectivity index (χ0v) is 14.9. The summed E-state index contributed by atoms with van der Waals surface area (Å²) in [5.41, 5.74) is 5.28. The summed E-state index contributed by atoms with van der Waals surface area (Å²) in [5.74, 6) is 0. The van der Waals surface area contributed by atoms with E-state index in [1.165, 1.54) is 22.3 Å². The zero-order chi connectivity index (χ0) is 16.6. The predicted molar refractivity (Wildman–Crippen MR) is 92.3 cm³/mol. The molecule has 2 heterocycles. The normalized spacial score (nSPS) is 43.6. The van der Waals surface area contributed by atoms with Gasteiger partial charge in [0.1, 0.15) is 0 Å². The molecule has 0 radical (unpaired) electrons. The standard InChI is InChI=1S/C20H30O3/c1-13-5-7-17-15(3)12-22-18(17)10-14(2)6-8-19-20(4,23-19)11-16(21)9-13/h9-10,16,18-19,21H,5-8,11-12H2,1-4H3/b13-9+,14-10+/t16-,18+,19-,20+/m0/s1. The van der Waals surface area contributed by atoms with E-state index in [0.717, 1.165) is 32.3 Å². The van der Waals surface area contributed by atoms with Crippen LogP contribution in [0, 0.1) is 0 Å². The number of ether oxygens (including phenoxy) is 2. The number of hydrogen-bond acceptors (Lipinski definition) is 3. The number of aliphatic hydroxyl groups excluding tert-OH is 1. The molecule has 0 aromatic heterocycles. The van der Waals surface area contributed by atoms with Crippen LogP contribution in [-0.2, 0) is 9.47 Å². The van der Waals surface area contributed by atoms with Gasteiger partial charge in [-0.25, -0.2) is 0 Å². The zero-order valence-electron chi connectivity index (χ0n) is 14.9. The Hall–Kier alpha value is -0.900. The molecule has 0 aromatic rings.